The van der Waals surface area contributed by atoms with Gasteiger partial charge in [0, 0.05) is 11.2 Å². The van der Waals surface area contributed by atoms with Crippen LogP contribution < -0.4 is 4.74 Å². The summed E-state index contributed by atoms with van der Waals surface area (Å²) < 4.78 is 35.1. The fraction of sp³-hybridized carbons (Fsp3) is 0.300. The molecule has 0 aliphatic rings. The highest BCUT2D eigenvalue weighted by Gasteiger charge is 2.10. The minimum absolute atomic E-state index is 0.182. The van der Waals surface area contributed by atoms with Crippen molar-refractivity contribution in [3.8, 4) is 16.9 Å². The van der Waals surface area contributed by atoms with Crippen molar-refractivity contribution in [2.45, 2.75) is 25.3 Å². The first kappa shape index (κ1) is 19.0. The largest absolute Gasteiger partial charge is 0.497 e. The third-order valence-electron chi connectivity index (χ3n) is 3.57. The first-order valence-electron chi connectivity index (χ1n) is 7.95. The maximum atomic E-state index is 12.2. The molecule has 1 unspecified atom stereocenters. The third kappa shape index (κ3) is 5.93. The topological polar surface area (TPSA) is 52.6 Å². The number of sulfone groups is 1. The van der Waals surface area contributed by atoms with Gasteiger partial charge in [0.05, 0.1) is 25.2 Å². The molecule has 0 fully saturated rings. The first-order chi connectivity index (χ1) is 11.9. The number of aryl methyl sites for hydroxylation is 1. The molecule has 0 aliphatic carbocycles. The molecule has 132 valence electrons. The van der Waals surface area contributed by atoms with E-state index in [1.165, 1.54) is 0 Å². The second-order valence-corrected chi connectivity index (χ2v) is 7.51. The van der Waals surface area contributed by atoms with Gasteiger partial charge in [0.2, 0.25) is 9.84 Å². The summed E-state index contributed by atoms with van der Waals surface area (Å²) in [5.74, 6) is 3.37. The van der Waals surface area contributed by atoms with E-state index in [0.717, 1.165) is 16.9 Å². The summed E-state index contributed by atoms with van der Waals surface area (Å²) in [5, 5.41) is 2.38. The van der Waals surface area contributed by atoms with E-state index in [9.17, 15) is 8.42 Å². The summed E-state index contributed by atoms with van der Waals surface area (Å²) >= 11 is 0. The van der Waals surface area contributed by atoms with E-state index in [0.29, 0.717) is 13.2 Å². The first-order valence-corrected chi connectivity index (χ1v) is 9.44. The molecule has 2 aromatic rings. The highest BCUT2D eigenvalue weighted by Crippen LogP contribution is 2.13. The highest BCUT2D eigenvalue weighted by atomic mass is 32.2. The van der Waals surface area contributed by atoms with Crippen LogP contribution in [0.4, 0.5) is 0 Å². The average Bonchev–Trinajstić information content (AvgIpc) is 2.61. The summed E-state index contributed by atoms with van der Waals surface area (Å²) in [6.45, 7) is 4.55. The fourth-order valence-corrected chi connectivity index (χ4v) is 3.04. The smallest absolute Gasteiger partial charge is 0.245 e. The van der Waals surface area contributed by atoms with Gasteiger partial charge >= 0.3 is 0 Å². The van der Waals surface area contributed by atoms with Crippen molar-refractivity contribution in [1.82, 2.24) is 0 Å². The Hall–Kier alpha value is -2.29. The summed E-state index contributed by atoms with van der Waals surface area (Å²) in [5.41, 5.74) is 2.03. The van der Waals surface area contributed by atoms with Crippen LogP contribution in [0, 0.1) is 24.0 Å². The zero-order valence-corrected chi connectivity index (χ0v) is 15.5. The molecule has 0 N–H and O–H groups in total. The predicted molar refractivity (Wildman–Crippen MR) is 98.0 cm³/mol. The third-order valence-corrected chi connectivity index (χ3v) is 4.85. The molecule has 0 saturated heterocycles. The van der Waals surface area contributed by atoms with Gasteiger partial charge < -0.3 is 9.47 Å². The Balaban J connectivity index is 1.88. The van der Waals surface area contributed by atoms with Crippen molar-refractivity contribution < 1.29 is 17.9 Å². The molecule has 0 aliphatic heterocycles. The molecule has 0 saturated carbocycles. The van der Waals surface area contributed by atoms with Gasteiger partial charge in [-0.15, -0.1) is 0 Å². The maximum absolute atomic E-state index is 12.2. The van der Waals surface area contributed by atoms with Crippen LogP contribution in [0.5, 0.6) is 5.75 Å². The van der Waals surface area contributed by atoms with Crippen LogP contribution >= 0.6 is 0 Å². The molecule has 2 aromatic carbocycles. The molecule has 0 radical (unpaired) electrons. The van der Waals surface area contributed by atoms with Gasteiger partial charge in [0.15, 0.2) is 0 Å². The molecule has 2 rings (SSSR count). The van der Waals surface area contributed by atoms with E-state index in [2.05, 4.69) is 11.2 Å². The van der Waals surface area contributed by atoms with Gasteiger partial charge in [0.25, 0.3) is 0 Å². The lowest BCUT2D eigenvalue weighted by Gasteiger charge is -2.07. The van der Waals surface area contributed by atoms with Gasteiger partial charge in [0.1, 0.15) is 5.75 Å². The maximum Gasteiger partial charge on any atom is 0.245 e. The van der Waals surface area contributed by atoms with Crippen molar-refractivity contribution >= 4 is 9.84 Å². The number of hydrogen-bond donors (Lipinski definition) is 0. The van der Waals surface area contributed by atoms with Gasteiger partial charge in [-0.2, -0.15) is 0 Å². The van der Waals surface area contributed by atoms with Crippen LogP contribution in [0.3, 0.4) is 0 Å². The standard InChI is InChI=1S/C20H22O4S/c1-16-4-10-20(11-5-16)25(21,22)13-12-17(2)14-24-15-18-6-8-19(23-3)9-7-18/h4-11,17H,14-15H2,1-3H3. The van der Waals surface area contributed by atoms with Gasteiger partial charge in [-0.3, -0.25) is 0 Å². The molecule has 0 spiro atoms. The van der Waals surface area contributed by atoms with E-state index in [-0.39, 0.29) is 10.8 Å². The number of benzene rings is 2. The Morgan fingerprint density at radius 3 is 2.28 bits per heavy atom. The molecule has 0 amide bonds. The van der Waals surface area contributed by atoms with Crippen LogP contribution in [0.1, 0.15) is 18.1 Å². The fourth-order valence-electron chi connectivity index (χ4n) is 2.07. The monoisotopic (exact) mass is 358 g/mol. The van der Waals surface area contributed by atoms with Crippen LogP contribution in [0.2, 0.25) is 0 Å². The van der Waals surface area contributed by atoms with Gasteiger partial charge in [-0.25, -0.2) is 8.42 Å². The number of ether oxygens (including phenoxy) is 2. The molecule has 0 heterocycles. The average molecular weight is 358 g/mol. The molecule has 0 aromatic heterocycles. The zero-order chi connectivity index (χ0) is 18.3. The predicted octanol–water partition coefficient (Wildman–Crippen LogP) is 3.59. The summed E-state index contributed by atoms with van der Waals surface area (Å²) in [6.07, 6.45) is 0. The van der Waals surface area contributed by atoms with Crippen molar-refractivity contribution in [1.29, 1.82) is 0 Å². The number of methoxy groups -OCH3 is 1. The lowest BCUT2D eigenvalue weighted by molar-refractivity contribution is 0.106. The Labute approximate surface area is 149 Å². The lowest BCUT2D eigenvalue weighted by Crippen LogP contribution is -2.05. The SMILES string of the molecule is COc1ccc(COCC(C)C#CS(=O)(=O)c2ccc(C)cc2)cc1. The van der Waals surface area contributed by atoms with E-state index < -0.39 is 9.84 Å². The molecule has 0 bridgehead atoms. The molecule has 1 atom stereocenters. The minimum atomic E-state index is -3.59. The van der Waals surface area contributed by atoms with Crippen LogP contribution in [-0.2, 0) is 21.2 Å². The van der Waals surface area contributed by atoms with E-state index in [4.69, 9.17) is 9.47 Å². The highest BCUT2D eigenvalue weighted by molar-refractivity contribution is 7.96. The Kier molecular flexibility index (Phi) is 6.63. The summed E-state index contributed by atoms with van der Waals surface area (Å²) in [7, 11) is -1.97. The Morgan fingerprint density at radius 1 is 1.04 bits per heavy atom. The van der Waals surface area contributed by atoms with Crippen LogP contribution in [0.15, 0.2) is 53.4 Å². The molecule has 5 heteroatoms. The molecular formula is C20H22O4S. The molecular weight excluding hydrogens is 336 g/mol. The molecule has 4 nitrogen and oxygen atoms in total. The van der Waals surface area contributed by atoms with Crippen LogP contribution in [0.25, 0.3) is 0 Å². The van der Waals surface area contributed by atoms with Crippen molar-refractivity contribution in [3.05, 3.63) is 59.7 Å². The Morgan fingerprint density at radius 2 is 1.68 bits per heavy atom. The van der Waals surface area contributed by atoms with E-state index in [1.807, 2.05) is 38.1 Å². The summed E-state index contributed by atoms with van der Waals surface area (Å²) in [6, 6.07) is 14.3. The van der Waals surface area contributed by atoms with Gasteiger partial charge in [-0.05, 0) is 43.7 Å². The lowest BCUT2D eigenvalue weighted by atomic mass is 10.2. The van der Waals surface area contributed by atoms with Crippen molar-refractivity contribution in [2.75, 3.05) is 13.7 Å². The molecule has 25 heavy (non-hydrogen) atoms. The van der Waals surface area contributed by atoms with Crippen molar-refractivity contribution in [3.63, 3.8) is 0 Å². The van der Waals surface area contributed by atoms with Gasteiger partial charge in [-0.1, -0.05) is 35.7 Å². The van der Waals surface area contributed by atoms with Crippen LogP contribution in [-0.4, -0.2) is 22.1 Å². The minimum Gasteiger partial charge on any atom is -0.497 e. The van der Waals surface area contributed by atoms with Crippen molar-refractivity contribution in [2.24, 2.45) is 5.92 Å². The second-order valence-electron chi connectivity index (χ2n) is 5.83. The zero-order valence-electron chi connectivity index (χ0n) is 14.7. The number of hydrogen-bond acceptors (Lipinski definition) is 4. The normalized spacial score (nSPS) is 12.1. The Bertz CT molecular complexity index is 841. The van der Waals surface area contributed by atoms with E-state index >= 15 is 0 Å². The number of rotatable bonds is 6. The second kappa shape index (κ2) is 8.70. The summed E-state index contributed by atoms with van der Waals surface area (Å²) in [4.78, 5) is 0.219. The quantitative estimate of drug-likeness (QED) is 0.585. The van der Waals surface area contributed by atoms with E-state index in [1.54, 1.807) is 31.4 Å².